The highest BCUT2D eigenvalue weighted by molar-refractivity contribution is 5.93. The maximum absolute atomic E-state index is 11.7. The Bertz CT molecular complexity index is 702. The zero-order chi connectivity index (χ0) is 16.2. The number of terminal acetylenes is 1. The van der Waals surface area contributed by atoms with E-state index in [1.165, 1.54) is 16.7 Å². The molecule has 0 saturated heterocycles. The Morgan fingerprint density at radius 1 is 1.35 bits per heavy atom. The lowest BCUT2D eigenvalue weighted by Crippen LogP contribution is -2.48. The second-order valence-corrected chi connectivity index (χ2v) is 7.59. The Morgan fingerprint density at radius 3 is 2.91 bits per heavy atom. The smallest absolute Gasteiger partial charge is 0.156 e. The Kier molecular flexibility index (Phi) is 3.22. The summed E-state index contributed by atoms with van der Waals surface area (Å²) in [5.74, 6) is 3.91. The first-order chi connectivity index (χ1) is 11.0. The van der Waals surface area contributed by atoms with E-state index in [2.05, 4.69) is 25.0 Å². The maximum Gasteiger partial charge on any atom is 0.156 e. The Balaban J connectivity index is 1.85. The summed E-state index contributed by atoms with van der Waals surface area (Å²) in [5.41, 5.74) is 2.80. The van der Waals surface area contributed by atoms with Gasteiger partial charge in [-0.2, -0.15) is 0 Å². The Labute approximate surface area is 138 Å². The molecule has 4 aliphatic carbocycles. The van der Waals surface area contributed by atoms with Crippen LogP contribution in [0.2, 0.25) is 0 Å². The molecule has 0 amide bonds. The Hall–Kier alpha value is -1.59. The third-order valence-electron chi connectivity index (χ3n) is 6.94. The number of carbonyl (C=O) groups excluding carboxylic acids is 1. The molecule has 2 heteroatoms. The fraction of sp³-hybridized carbons (Fsp3) is 0.571. The molecule has 4 atom stereocenters. The third-order valence-corrected chi connectivity index (χ3v) is 6.94. The van der Waals surface area contributed by atoms with Gasteiger partial charge in [-0.1, -0.05) is 25.0 Å². The predicted molar refractivity (Wildman–Crippen MR) is 90.4 cm³/mol. The number of aliphatic hydroxyl groups is 1. The minimum Gasteiger partial charge on any atom is -0.377 e. The highest BCUT2D eigenvalue weighted by Crippen LogP contribution is 2.62. The van der Waals surface area contributed by atoms with E-state index in [9.17, 15) is 9.90 Å². The molecule has 0 spiro atoms. The lowest BCUT2D eigenvalue weighted by molar-refractivity contribution is -0.114. The minimum absolute atomic E-state index is 0.271. The SMILES string of the molecule is C#C[C@]1(O)CC[C@@H]2[C@@H]3CCC4=CC(=O)CCC4=C3C=C[C@@]21CC. The van der Waals surface area contributed by atoms with Crippen molar-refractivity contribution in [2.75, 3.05) is 0 Å². The molecule has 4 rings (SSSR count). The first kappa shape index (κ1) is 15.0. The molecule has 120 valence electrons. The summed E-state index contributed by atoms with van der Waals surface area (Å²) < 4.78 is 0. The molecule has 1 saturated carbocycles. The summed E-state index contributed by atoms with van der Waals surface area (Å²) in [6.45, 7) is 2.15. The molecule has 0 heterocycles. The van der Waals surface area contributed by atoms with Crippen LogP contribution in [0.3, 0.4) is 0 Å². The van der Waals surface area contributed by atoms with E-state index >= 15 is 0 Å². The highest BCUT2D eigenvalue weighted by Gasteiger charge is 2.60. The monoisotopic (exact) mass is 308 g/mol. The lowest BCUT2D eigenvalue weighted by Gasteiger charge is -2.48. The zero-order valence-electron chi connectivity index (χ0n) is 13.8. The third kappa shape index (κ3) is 1.83. The van der Waals surface area contributed by atoms with Crippen LogP contribution in [0.15, 0.2) is 34.9 Å². The van der Waals surface area contributed by atoms with Crippen LogP contribution in [0.25, 0.3) is 0 Å². The van der Waals surface area contributed by atoms with E-state index in [0.717, 1.165) is 32.1 Å². The first-order valence-corrected chi connectivity index (χ1v) is 8.91. The van der Waals surface area contributed by atoms with Gasteiger partial charge in [0.15, 0.2) is 5.78 Å². The molecule has 0 aromatic carbocycles. The van der Waals surface area contributed by atoms with Crippen LogP contribution in [-0.4, -0.2) is 16.5 Å². The van der Waals surface area contributed by atoms with Crippen LogP contribution >= 0.6 is 0 Å². The topological polar surface area (TPSA) is 37.3 Å². The number of hydrogen-bond acceptors (Lipinski definition) is 2. The van der Waals surface area contributed by atoms with Crippen molar-refractivity contribution in [3.63, 3.8) is 0 Å². The van der Waals surface area contributed by atoms with Gasteiger partial charge in [0.25, 0.3) is 0 Å². The molecular weight excluding hydrogens is 284 g/mol. The van der Waals surface area contributed by atoms with Gasteiger partial charge in [0.2, 0.25) is 0 Å². The van der Waals surface area contributed by atoms with E-state index < -0.39 is 5.60 Å². The normalized spacial score (nSPS) is 41.8. The van der Waals surface area contributed by atoms with Crippen LogP contribution in [0.5, 0.6) is 0 Å². The van der Waals surface area contributed by atoms with Crippen LogP contribution in [0, 0.1) is 29.6 Å². The van der Waals surface area contributed by atoms with Crippen molar-refractivity contribution in [2.24, 2.45) is 17.3 Å². The molecule has 4 aliphatic rings. The summed E-state index contributed by atoms with van der Waals surface area (Å²) in [6.07, 6.45) is 18.2. The van der Waals surface area contributed by atoms with Crippen LogP contribution in [-0.2, 0) is 4.79 Å². The Morgan fingerprint density at radius 2 is 2.17 bits per heavy atom. The van der Waals surface area contributed by atoms with E-state index in [1.54, 1.807) is 0 Å². The van der Waals surface area contributed by atoms with Crippen molar-refractivity contribution in [1.29, 1.82) is 0 Å². The molecule has 0 radical (unpaired) electrons. The number of ketones is 1. The molecule has 1 fully saturated rings. The molecule has 0 aromatic rings. The molecule has 2 nitrogen and oxygen atoms in total. The van der Waals surface area contributed by atoms with Crippen molar-refractivity contribution in [1.82, 2.24) is 0 Å². The van der Waals surface area contributed by atoms with Gasteiger partial charge in [-0.15, -0.1) is 6.42 Å². The second kappa shape index (κ2) is 4.95. The summed E-state index contributed by atoms with van der Waals surface area (Å²) in [4.78, 5) is 11.7. The summed E-state index contributed by atoms with van der Waals surface area (Å²) in [6, 6.07) is 0. The van der Waals surface area contributed by atoms with Gasteiger partial charge < -0.3 is 5.11 Å². The number of fused-ring (bicyclic) bond motifs is 4. The maximum atomic E-state index is 11.7. The number of allylic oxidation sites excluding steroid dienone is 5. The molecule has 0 aromatic heterocycles. The van der Waals surface area contributed by atoms with Gasteiger partial charge >= 0.3 is 0 Å². The van der Waals surface area contributed by atoms with Gasteiger partial charge in [0, 0.05) is 11.8 Å². The van der Waals surface area contributed by atoms with Crippen LogP contribution < -0.4 is 0 Å². The summed E-state index contributed by atoms with van der Waals surface area (Å²) in [5, 5.41) is 11.0. The molecular formula is C21H24O2. The number of rotatable bonds is 1. The quantitative estimate of drug-likeness (QED) is 0.750. The molecule has 0 bridgehead atoms. The fourth-order valence-electron chi connectivity index (χ4n) is 5.75. The largest absolute Gasteiger partial charge is 0.377 e. The standard InChI is InChI=1S/C21H24O2/c1-3-20-11-9-17-16-8-6-15(22)13-14(16)5-7-18(17)19(20)10-12-21(20,23)4-2/h2,9,11,13,18-19,23H,3,5-8,10,12H2,1H3/t18-,19-,20+,21+/m1/s1. The van der Waals surface area contributed by atoms with Crippen LogP contribution in [0.4, 0.5) is 0 Å². The van der Waals surface area contributed by atoms with Crippen molar-refractivity contribution < 1.29 is 9.90 Å². The van der Waals surface area contributed by atoms with Crippen LogP contribution in [0.1, 0.15) is 51.9 Å². The number of carbonyl (C=O) groups is 1. The van der Waals surface area contributed by atoms with E-state index in [4.69, 9.17) is 6.42 Å². The molecule has 1 N–H and O–H groups in total. The van der Waals surface area contributed by atoms with Crippen molar-refractivity contribution in [3.05, 3.63) is 34.9 Å². The summed E-state index contributed by atoms with van der Waals surface area (Å²) >= 11 is 0. The van der Waals surface area contributed by atoms with Gasteiger partial charge in [0.05, 0.1) is 0 Å². The van der Waals surface area contributed by atoms with Crippen molar-refractivity contribution in [2.45, 2.75) is 57.5 Å². The average molecular weight is 308 g/mol. The predicted octanol–water partition coefficient (Wildman–Crippen LogP) is 3.72. The average Bonchev–Trinajstić information content (AvgIpc) is 2.88. The van der Waals surface area contributed by atoms with E-state index in [1.807, 2.05) is 6.08 Å². The first-order valence-electron chi connectivity index (χ1n) is 8.91. The van der Waals surface area contributed by atoms with Gasteiger partial charge in [-0.05, 0) is 73.2 Å². The van der Waals surface area contributed by atoms with Crippen molar-refractivity contribution in [3.8, 4) is 12.3 Å². The van der Waals surface area contributed by atoms with Gasteiger partial charge in [-0.25, -0.2) is 0 Å². The molecule has 23 heavy (non-hydrogen) atoms. The fourth-order valence-corrected chi connectivity index (χ4v) is 5.75. The van der Waals surface area contributed by atoms with E-state index in [-0.39, 0.29) is 11.2 Å². The summed E-state index contributed by atoms with van der Waals surface area (Å²) in [7, 11) is 0. The van der Waals surface area contributed by atoms with Gasteiger partial charge in [0.1, 0.15) is 5.60 Å². The minimum atomic E-state index is -1.00. The molecule has 0 unspecified atom stereocenters. The number of hydrogen-bond donors (Lipinski definition) is 1. The van der Waals surface area contributed by atoms with Crippen molar-refractivity contribution >= 4 is 5.78 Å². The van der Waals surface area contributed by atoms with E-state index in [0.29, 0.717) is 24.7 Å². The second-order valence-electron chi connectivity index (χ2n) is 7.59. The highest BCUT2D eigenvalue weighted by atomic mass is 16.3. The zero-order valence-corrected chi connectivity index (χ0v) is 13.8. The van der Waals surface area contributed by atoms with Gasteiger partial charge in [-0.3, -0.25) is 4.79 Å². The molecule has 0 aliphatic heterocycles. The lowest BCUT2D eigenvalue weighted by atomic mass is 9.56.